The summed E-state index contributed by atoms with van der Waals surface area (Å²) in [5.41, 5.74) is 1.33. The van der Waals surface area contributed by atoms with E-state index in [1.807, 2.05) is 6.92 Å². The Bertz CT molecular complexity index is 1190. The second-order valence-corrected chi connectivity index (χ2v) is 11.0. The SMILES string of the molecule is COc1c(Oc2ccc(C#N)cc2C)ncnc1OC1C[C@@H]2CC[C@@H](C1)N2S(=O)(=O)C1CC1. The Labute approximate surface area is 193 Å². The summed E-state index contributed by atoms with van der Waals surface area (Å²) in [7, 11) is -1.70. The van der Waals surface area contributed by atoms with Crippen molar-refractivity contribution in [2.45, 2.75) is 68.9 Å². The van der Waals surface area contributed by atoms with Crippen LogP contribution in [0.1, 0.15) is 49.7 Å². The zero-order chi connectivity index (χ0) is 23.2. The Hall–Kier alpha value is -2.90. The summed E-state index contributed by atoms with van der Waals surface area (Å²) < 4.78 is 45.2. The van der Waals surface area contributed by atoms with Crippen LogP contribution in [0.2, 0.25) is 0 Å². The first kappa shape index (κ1) is 21.9. The minimum Gasteiger partial charge on any atom is -0.487 e. The van der Waals surface area contributed by atoms with Gasteiger partial charge in [-0.3, -0.25) is 0 Å². The lowest BCUT2D eigenvalue weighted by molar-refractivity contribution is 0.0881. The molecule has 0 unspecified atom stereocenters. The number of fused-ring (bicyclic) bond motifs is 2. The molecule has 3 fully saturated rings. The van der Waals surface area contributed by atoms with Crippen LogP contribution >= 0.6 is 0 Å². The summed E-state index contributed by atoms with van der Waals surface area (Å²) in [5.74, 6) is 1.32. The van der Waals surface area contributed by atoms with E-state index in [0.29, 0.717) is 24.2 Å². The molecule has 2 aliphatic heterocycles. The molecule has 0 N–H and O–H groups in total. The van der Waals surface area contributed by atoms with Crippen LogP contribution in [0.3, 0.4) is 0 Å². The Morgan fingerprint density at radius 3 is 2.39 bits per heavy atom. The van der Waals surface area contributed by atoms with Gasteiger partial charge in [-0.25, -0.2) is 8.42 Å². The van der Waals surface area contributed by atoms with Crippen molar-refractivity contribution in [1.82, 2.24) is 14.3 Å². The van der Waals surface area contributed by atoms with Crippen molar-refractivity contribution in [3.63, 3.8) is 0 Å². The molecule has 2 aromatic rings. The first-order chi connectivity index (χ1) is 15.9. The number of aryl methyl sites for hydroxylation is 1. The average molecular weight is 471 g/mol. The number of aromatic nitrogens is 2. The van der Waals surface area contributed by atoms with Gasteiger partial charge in [0.15, 0.2) is 0 Å². The summed E-state index contributed by atoms with van der Waals surface area (Å²) in [6.07, 6.45) is 5.72. The fourth-order valence-corrected chi connectivity index (χ4v) is 7.19. The molecule has 3 heterocycles. The molecule has 10 heteroatoms. The maximum Gasteiger partial charge on any atom is 0.269 e. The molecule has 1 aromatic heterocycles. The molecule has 2 bridgehead atoms. The van der Waals surface area contributed by atoms with Crippen LogP contribution in [0.5, 0.6) is 23.3 Å². The molecule has 174 valence electrons. The molecule has 2 atom stereocenters. The van der Waals surface area contributed by atoms with E-state index in [2.05, 4.69) is 16.0 Å². The molecule has 0 spiro atoms. The summed E-state index contributed by atoms with van der Waals surface area (Å²) in [5, 5.41) is 8.88. The molecule has 0 radical (unpaired) electrons. The van der Waals surface area contributed by atoms with E-state index in [1.54, 1.807) is 22.5 Å². The number of nitriles is 1. The van der Waals surface area contributed by atoms with Crippen molar-refractivity contribution >= 4 is 10.0 Å². The molecule has 0 amide bonds. The fourth-order valence-electron chi connectivity index (χ4n) is 4.90. The minimum absolute atomic E-state index is 0.0239. The van der Waals surface area contributed by atoms with Crippen molar-refractivity contribution in [3.8, 4) is 29.3 Å². The highest BCUT2D eigenvalue weighted by atomic mass is 32.2. The Morgan fingerprint density at radius 2 is 1.79 bits per heavy atom. The van der Waals surface area contributed by atoms with E-state index in [4.69, 9.17) is 19.5 Å². The summed E-state index contributed by atoms with van der Waals surface area (Å²) >= 11 is 0. The number of piperidine rings is 1. The third-order valence-electron chi connectivity index (χ3n) is 6.59. The van der Waals surface area contributed by atoms with E-state index in [-0.39, 0.29) is 40.9 Å². The predicted octanol–water partition coefficient (Wildman–Crippen LogP) is 3.32. The lowest BCUT2D eigenvalue weighted by Gasteiger charge is -2.37. The smallest absolute Gasteiger partial charge is 0.269 e. The van der Waals surface area contributed by atoms with Gasteiger partial charge < -0.3 is 14.2 Å². The zero-order valence-corrected chi connectivity index (χ0v) is 19.4. The van der Waals surface area contributed by atoms with Crippen molar-refractivity contribution in [2.24, 2.45) is 0 Å². The maximum atomic E-state index is 12.9. The number of ether oxygens (including phenoxy) is 3. The number of sulfonamides is 1. The minimum atomic E-state index is -3.20. The lowest BCUT2D eigenvalue weighted by Crippen LogP contribution is -2.50. The normalized spacial score (nSPS) is 24.8. The second kappa shape index (κ2) is 8.47. The Kier molecular flexibility index (Phi) is 5.62. The van der Waals surface area contributed by atoms with Gasteiger partial charge in [-0.1, -0.05) is 0 Å². The number of rotatable bonds is 7. The van der Waals surface area contributed by atoms with Gasteiger partial charge in [-0.05, 0) is 56.4 Å². The molecule has 1 aliphatic carbocycles. The van der Waals surface area contributed by atoms with E-state index >= 15 is 0 Å². The summed E-state index contributed by atoms with van der Waals surface area (Å²) in [6.45, 7) is 1.85. The highest BCUT2D eigenvalue weighted by molar-refractivity contribution is 7.90. The second-order valence-electron chi connectivity index (χ2n) is 8.88. The van der Waals surface area contributed by atoms with Crippen LogP contribution in [0, 0.1) is 18.3 Å². The van der Waals surface area contributed by atoms with E-state index in [9.17, 15) is 8.42 Å². The van der Waals surface area contributed by atoms with Gasteiger partial charge in [-0.2, -0.15) is 19.5 Å². The standard InChI is InChI=1S/C23H26N4O5S/c1-14-9-15(12-24)3-8-20(14)32-23-21(30-2)22(25-13-26-23)31-18-10-16-4-5-17(11-18)27(16)33(28,29)19-6-7-19/h3,8-9,13,16-19H,4-7,10-11H2,1-2H3/t16-,17-/m0/s1. The number of benzene rings is 1. The van der Waals surface area contributed by atoms with Crippen LogP contribution in [-0.4, -0.2) is 53.2 Å². The van der Waals surface area contributed by atoms with Crippen LogP contribution in [0.25, 0.3) is 0 Å². The van der Waals surface area contributed by atoms with Gasteiger partial charge in [0.05, 0.1) is 24.0 Å². The van der Waals surface area contributed by atoms with Crippen LogP contribution in [-0.2, 0) is 10.0 Å². The Morgan fingerprint density at radius 1 is 1.09 bits per heavy atom. The zero-order valence-electron chi connectivity index (χ0n) is 18.6. The summed E-state index contributed by atoms with van der Waals surface area (Å²) in [4.78, 5) is 8.46. The lowest BCUT2D eigenvalue weighted by atomic mass is 10.0. The number of hydrogen-bond acceptors (Lipinski definition) is 8. The number of methoxy groups -OCH3 is 1. The first-order valence-electron chi connectivity index (χ1n) is 11.2. The highest BCUT2D eigenvalue weighted by Gasteiger charge is 2.52. The monoisotopic (exact) mass is 470 g/mol. The topological polar surface area (TPSA) is 115 Å². The van der Waals surface area contributed by atoms with Gasteiger partial charge in [0, 0.05) is 24.9 Å². The first-order valence-corrected chi connectivity index (χ1v) is 12.7. The molecule has 3 aliphatic rings. The van der Waals surface area contributed by atoms with Gasteiger partial charge >= 0.3 is 0 Å². The number of hydrogen-bond donors (Lipinski definition) is 0. The van der Waals surface area contributed by atoms with Crippen molar-refractivity contribution in [2.75, 3.05) is 7.11 Å². The molecule has 9 nitrogen and oxygen atoms in total. The van der Waals surface area contributed by atoms with E-state index < -0.39 is 10.0 Å². The highest BCUT2D eigenvalue weighted by Crippen LogP contribution is 2.45. The van der Waals surface area contributed by atoms with Gasteiger partial charge in [0.25, 0.3) is 11.8 Å². The van der Waals surface area contributed by atoms with Crippen LogP contribution < -0.4 is 14.2 Å². The van der Waals surface area contributed by atoms with Gasteiger partial charge in [0.2, 0.25) is 15.8 Å². The molecule has 2 saturated heterocycles. The van der Waals surface area contributed by atoms with Crippen molar-refractivity contribution in [3.05, 3.63) is 35.7 Å². The Balaban J connectivity index is 1.33. The van der Waals surface area contributed by atoms with Crippen molar-refractivity contribution in [1.29, 1.82) is 5.26 Å². The van der Waals surface area contributed by atoms with E-state index in [1.165, 1.54) is 13.4 Å². The van der Waals surface area contributed by atoms with Gasteiger partial charge in [-0.15, -0.1) is 0 Å². The predicted molar refractivity (Wildman–Crippen MR) is 119 cm³/mol. The van der Waals surface area contributed by atoms with E-state index in [0.717, 1.165) is 31.2 Å². The third-order valence-corrected chi connectivity index (χ3v) is 9.09. The molecule has 5 rings (SSSR count). The molecular weight excluding hydrogens is 444 g/mol. The number of nitrogens with zero attached hydrogens (tertiary/aromatic N) is 4. The summed E-state index contributed by atoms with van der Waals surface area (Å²) in [6, 6.07) is 7.18. The third kappa shape index (κ3) is 4.11. The van der Waals surface area contributed by atoms with Gasteiger partial charge in [0.1, 0.15) is 18.2 Å². The largest absolute Gasteiger partial charge is 0.487 e. The molecular formula is C23H26N4O5S. The van der Waals surface area contributed by atoms with Crippen LogP contribution in [0.15, 0.2) is 24.5 Å². The van der Waals surface area contributed by atoms with Crippen molar-refractivity contribution < 1.29 is 22.6 Å². The fraction of sp³-hybridized carbons (Fsp3) is 0.522. The molecule has 33 heavy (non-hydrogen) atoms. The van der Waals surface area contributed by atoms with Crippen LogP contribution in [0.4, 0.5) is 0 Å². The quantitative estimate of drug-likeness (QED) is 0.605. The molecule has 1 saturated carbocycles. The average Bonchev–Trinajstić information content (AvgIpc) is 3.61. The molecule has 1 aromatic carbocycles. The maximum absolute atomic E-state index is 12.9.